The van der Waals surface area contributed by atoms with Crippen LogP contribution in [0, 0.1) is 0 Å². The molecular weight excluding hydrogens is 725 g/mol. The highest BCUT2D eigenvalue weighted by atomic mass is 31.2. The summed E-state index contributed by atoms with van der Waals surface area (Å²) in [5.41, 5.74) is 0. The van der Waals surface area contributed by atoms with Gasteiger partial charge in [-0.2, -0.15) is 0 Å². The van der Waals surface area contributed by atoms with Crippen molar-refractivity contribution in [3.8, 4) is 0 Å². The molecule has 0 bridgehead atoms. The molecule has 0 saturated heterocycles. The van der Waals surface area contributed by atoms with E-state index in [0.29, 0.717) is 17.4 Å². The van der Waals surface area contributed by atoms with Crippen LogP contribution in [0.15, 0.2) is 48.6 Å². The number of allylic oxidation sites excluding steroid dienone is 8. The van der Waals surface area contributed by atoms with E-state index in [0.717, 1.165) is 83.5 Å². The SMILES string of the molecule is CC/C=C\C/C=C\C/C=C\C/C=C\CCCCCCCCC(=O)OC(COC(=O)CCCCCCCCCCCCCCC)COP(=O)([O-])OCC[N+](C)(C)C. The lowest BCUT2D eigenvalue weighted by molar-refractivity contribution is -0.870. The van der Waals surface area contributed by atoms with Crippen molar-refractivity contribution in [3.05, 3.63) is 48.6 Å². The van der Waals surface area contributed by atoms with Gasteiger partial charge in [-0.1, -0.05) is 165 Å². The smallest absolute Gasteiger partial charge is 0.306 e. The quantitative estimate of drug-likeness (QED) is 0.0198. The first-order valence-electron chi connectivity index (χ1n) is 22.3. The van der Waals surface area contributed by atoms with Crippen LogP contribution in [0.4, 0.5) is 0 Å². The first-order chi connectivity index (χ1) is 27.0. The molecule has 0 aromatic rings. The fourth-order valence-electron chi connectivity index (χ4n) is 5.88. The molecule has 10 heteroatoms. The number of quaternary nitrogens is 1. The van der Waals surface area contributed by atoms with Gasteiger partial charge in [0.1, 0.15) is 19.8 Å². The van der Waals surface area contributed by atoms with Crippen LogP contribution in [-0.2, 0) is 32.7 Å². The van der Waals surface area contributed by atoms with E-state index in [2.05, 4.69) is 62.5 Å². The second kappa shape index (κ2) is 38.5. The zero-order valence-corrected chi connectivity index (χ0v) is 37.5. The summed E-state index contributed by atoms with van der Waals surface area (Å²) >= 11 is 0. The topological polar surface area (TPSA) is 111 Å². The number of esters is 2. The Morgan fingerprint density at radius 1 is 0.571 bits per heavy atom. The van der Waals surface area contributed by atoms with E-state index in [1.165, 1.54) is 64.2 Å². The summed E-state index contributed by atoms with van der Waals surface area (Å²) in [7, 11) is 1.15. The van der Waals surface area contributed by atoms with E-state index in [1.807, 2.05) is 21.1 Å². The summed E-state index contributed by atoms with van der Waals surface area (Å²) in [6.07, 6.45) is 44.2. The third-order valence-electron chi connectivity index (χ3n) is 9.36. The molecule has 0 aliphatic heterocycles. The van der Waals surface area contributed by atoms with Gasteiger partial charge in [0.2, 0.25) is 0 Å². The number of rotatable bonds is 40. The van der Waals surface area contributed by atoms with E-state index in [4.69, 9.17) is 18.5 Å². The van der Waals surface area contributed by atoms with E-state index < -0.39 is 26.5 Å². The molecule has 0 fully saturated rings. The van der Waals surface area contributed by atoms with Gasteiger partial charge < -0.3 is 27.9 Å². The van der Waals surface area contributed by atoms with Crippen molar-refractivity contribution in [1.82, 2.24) is 0 Å². The molecule has 0 aromatic carbocycles. The molecule has 0 radical (unpaired) electrons. The van der Waals surface area contributed by atoms with Crippen LogP contribution >= 0.6 is 7.82 Å². The van der Waals surface area contributed by atoms with E-state index in [1.54, 1.807) is 0 Å². The maximum absolute atomic E-state index is 12.7. The highest BCUT2D eigenvalue weighted by Crippen LogP contribution is 2.38. The Morgan fingerprint density at radius 2 is 1.02 bits per heavy atom. The summed E-state index contributed by atoms with van der Waals surface area (Å²) in [6.45, 7) is 4.10. The number of carbonyl (C=O) groups excluding carboxylic acids is 2. The van der Waals surface area contributed by atoms with Crippen LogP contribution in [0.25, 0.3) is 0 Å². The van der Waals surface area contributed by atoms with Crippen LogP contribution in [-0.4, -0.2) is 70.0 Å². The Labute approximate surface area is 343 Å². The van der Waals surface area contributed by atoms with Gasteiger partial charge in [0.15, 0.2) is 6.10 Å². The van der Waals surface area contributed by atoms with Gasteiger partial charge in [-0.3, -0.25) is 14.2 Å². The van der Waals surface area contributed by atoms with Gasteiger partial charge in [0.05, 0.1) is 27.7 Å². The lowest BCUT2D eigenvalue weighted by atomic mass is 10.0. The zero-order valence-electron chi connectivity index (χ0n) is 36.6. The van der Waals surface area contributed by atoms with Crippen molar-refractivity contribution < 1.29 is 42.1 Å². The lowest BCUT2D eigenvalue weighted by Gasteiger charge is -2.28. The summed E-state index contributed by atoms with van der Waals surface area (Å²) in [6, 6.07) is 0. The fraction of sp³-hybridized carbons (Fsp3) is 0.783. The number of hydrogen-bond acceptors (Lipinski definition) is 8. The number of nitrogens with zero attached hydrogens (tertiary/aromatic N) is 1. The Hall–Kier alpha value is -2.03. The number of hydrogen-bond donors (Lipinski definition) is 0. The van der Waals surface area contributed by atoms with Crippen LogP contribution in [0.2, 0.25) is 0 Å². The van der Waals surface area contributed by atoms with Crippen molar-refractivity contribution in [2.75, 3.05) is 47.5 Å². The molecule has 0 aliphatic carbocycles. The van der Waals surface area contributed by atoms with Crippen LogP contribution in [0.3, 0.4) is 0 Å². The third kappa shape index (κ3) is 41.6. The van der Waals surface area contributed by atoms with Gasteiger partial charge in [-0.05, 0) is 51.4 Å². The van der Waals surface area contributed by atoms with Crippen molar-refractivity contribution in [2.45, 2.75) is 187 Å². The number of phosphoric ester groups is 1. The Balaban J connectivity index is 4.37. The molecule has 326 valence electrons. The maximum atomic E-state index is 12.7. The minimum absolute atomic E-state index is 0.0344. The molecular formula is C46H84NO8P. The molecule has 9 nitrogen and oxygen atoms in total. The maximum Gasteiger partial charge on any atom is 0.306 e. The predicted octanol–water partition coefficient (Wildman–Crippen LogP) is 12.1. The number of ether oxygens (including phenoxy) is 2. The van der Waals surface area contributed by atoms with Crippen LogP contribution in [0.1, 0.15) is 181 Å². The minimum Gasteiger partial charge on any atom is -0.756 e. The van der Waals surface area contributed by atoms with Crippen LogP contribution < -0.4 is 4.89 Å². The standard InChI is InChI=1S/C46H84NO8P/c1-6-8-10-12-14-16-18-20-21-22-23-24-25-27-29-31-33-35-37-39-46(49)55-44(43-54-56(50,51)53-41-40-47(3,4)5)42-52-45(48)38-36-34-32-30-28-26-19-17-15-13-11-9-7-2/h8,10,14,16,20-21,23-24,44H,6-7,9,11-13,15,17-19,22,25-43H2,1-5H3/b10-8-,16-14-,21-20-,24-23-. The van der Waals surface area contributed by atoms with Crippen LogP contribution in [0.5, 0.6) is 0 Å². The average Bonchev–Trinajstić information content (AvgIpc) is 3.15. The molecule has 0 N–H and O–H groups in total. The largest absolute Gasteiger partial charge is 0.756 e. The molecule has 0 aliphatic rings. The van der Waals surface area contributed by atoms with Gasteiger partial charge in [-0.15, -0.1) is 0 Å². The molecule has 0 amide bonds. The van der Waals surface area contributed by atoms with Gasteiger partial charge >= 0.3 is 11.9 Å². The first kappa shape index (κ1) is 54.0. The van der Waals surface area contributed by atoms with Crippen molar-refractivity contribution >= 4 is 19.8 Å². The molecule has 0 aromatic heterocycles. The van der Waals surface area contributed by atoms with Crippen molar-refractivity contribution in [1.29, 1.82) is 0 Å². The first-order valence-corrected chi connectivity index (χ1v) is 23.8. The van der Waals surface area contributed by atoms with Crippen molar-refractivity contribution in [3.63, 3.8) is 0 Å². The van der Waals surface area contributed by atoms with Gasteiger partial charge in [0.25, 0.3) is 7.82 Å². The second-order valence-electron chi connectivity index (χ2n) is 16.0. The monoisotopic (exact) mass is 810 g/mol. The fourth-order valence-corrected chi connectivity index (χ4v) is 6.61. The van der Waals surface area contributed by atoms with Gasteiger partial charge in [-0.25, -0.2) is 0 Å². The number of phosphoric acid groups is 1. The second-order valence-corrected chi connectivity index (χ2v) is 17.4. The lowest BCUT2D eigenvalue weighted by Crippen LogP contribution is -2.37. The van der Waals surface area contributed by atoms with E-state index >= 15 is 0 Å². The van der Waals surface area contributed by atoms with Crippen molar-refractivity contribution in [2.24, 2.45) is 0 Å². The summed E-state index contributed by atoms with van der Waals surface area (Å²) in [5, 5.41) is 0. The molecule has 2 atom stereocenters. The molecule has 0 saturated carbocycles. The summed E-state index contributed by atoms with van der Waals surface area (Å²) in [5.74, 6) is -0.849. The molecule has 56 heavy (non-hydrogen) atoms. The predicted molar refractivity (Wildman–Crippen MR) is 231 cm³/mol. The van der Waals surface area contributed by atoms with Gasteiger partial charge in [0, 0.05) is 12.8 Å². The highest BCUT2D eigenvalue weighted by molar-refractivity contribution is 7.45. The zero-order chi connectivity index (χ0) is 41.4. The molecule has 2 unspecified atom stereocenters. The van der Waals surface area contributed by atoms with E-state index in [-0.39, 0.29) is 32.0 Å². The number of unbranched alkanes of at least 4 members (excludes halogenated alkanes) is 18. The summed E-state index contributed by atoms with van der Waals surface area (Å²) < 4.78 is 33.9. The number of likely N-dealkylation sites (N-methyl/N-ethyl adjacent to an activating group) is 1. The Bertz CT molecular complexity index is 1100. The number of carbonyl (C=O) groups is 2. The minimum atomic E-state index is -4.63. The molecule has 0 rings (SSSR count). The van der Waals surface area contributed by atoms with E-state index in [9.17, 15) is 19.0 Å². The Morgan fingerprint density at radius 3 is 1.52 bits per heavy atom. The molecule has 0 heterocycles. The normalized spacial score (nSPS) is 14.0. The third-order valence-corrected chi connectivity index (χ3v) is 10.3. The summed E-state index contributed by atoms with van der Waals surface area (Å²) in [4.78, 5) is 37.5. The average molecular weight is 810 g/mol. The molecule has 0 spiro atoms. The highest BCUT2D eigenvalue weighted by Gasteiger charge is 2.21. The Kier molecular flexibility index (Phi) is 37.1.